The molecule has 6 heteroatoms. The van der Waals surface area contributed by atoms with Gasteiger partial charge in [-0.3, -0.25) is 5.43 Å². The first kappa shape index (κ1) is 15.8. The Morgan fingerprint density at radius 2 is 2.14 bits per heavy atom. The summed E-state index contributed by atoms with van der Waals surface area (Å²) in [6, 6.07) is 5.58. The molecular weight excluding hydrogens is 306 g/mol. The second kappa shape index (κ2) is 6.91. The maximum absolute atomic E-state index is 6.18. The molecule has 1 aromatic carbocycles. The molecule has 2 rings (SSSR count). The third-order valence-corrected chi connectivity index (χ3v) is 3.99. The fraction of sp³-hybridized carbons (Fsp3) is 0.333. The largest absolute Gasteiger partial charge is 0.489 e. The summed E-state index contributed by atoms with van der Waals surface area (Å²) in [5.41, 5.74) is 4.84. The normalized spacial score (nSPS) is 11.3. The lowest BCUT2D eigenvalue weighted by molar-refractivity contribution is 0.242. The van der Waals surface area contributed by atoms with Crippen LogP contribution in [0.25, 0.3) is 0 Å². The second-order valence-electron chi connectivity index (χ2n) is 4.89. The van der Waals surface area contributed by atoms with Gasteiger partial charge in [-0.15, -0.1) is 11.3 Å². The summed E-state index contributed by atoms with van der Waals surface area (Å²) in [5, 5.41) is 5.53. The van der Waals surface area contributed by atoms with Crippen LogP contribution in [0.4, 0.5) is 5.13 Å². The van der Waals surface area contributed by atoms with Crippen LogP contribution in [-0.4, -0.2) is 17.3 Å². The number of aryl methyl sites for hydroxylation is 2. The zero-order chi connectivity index (χ0) is 15.4. The van der Waals surface area contributed by atoms with Crippen molar-refractivity contribution in [3.05, 3.63) is 39.4 Å². The van der Waals surface area contributed by atoms with Crippen molar-refractivity contribution in [3.8, 4) is 5.75 Å². The first-order chi connectivity index (χ1) is 9.95. The fourth-order valence-corrected chi connectivity index (χ4v) is 2.63. The Kier molecular flexibility index (Phi) is 5.20. The number of aromatic nitrogens is 1. The Morgan fingerprint density at radius 3 is 2.71 bits per heavy atom. The number of thiazole rings is 1. The van der Waals surface area contributed by atoms with Crippen LogP contribution in [0.5, 0.6) is 5.75 Å². The summed E-state index contributed by atoms with van der Waals surface area (Å²) in [6.07, 6.45) is 1.80. The van der Waals surface area contributed by atoms with Gasteiger partial charge in [0.1, 0.15) is 5.75 Å². The maximum Gasteiger partial charge on any atom is 0.203 e. The predicted molar refractivity (Wildman–Crippen MR) is 90.0 cm³/mol. The van der Waals surface area contributed by atoms with Gasteiger partial charge >= 0.3 is 0 Å². The van der Waals surface area contributed by atoms with Crippen LogP contribution in [0.3, 0.4) is 0 Å². The number of hydrogen-bond donors (Lipinski definition) is 1. The molecule has 2 aromatic rings. The van der Waals surface area contributed by atoms with E-state index in [9.17, 15) is 0 Å². The zero-order valence-corrected chi connectivity index (χ0v) is 14.0. The minimum Gasteiger partial charge on any atom is -0.489 e. The number of nitrogens with zero attached hydrogens (tertiary/aromatic N) is 2. The molecule has 0 aliphatic carbocycles. The number of rotatable bonds is 5. The van der Waals surface area contributed by atoms with Crippen molar-refractivity contribution in [2.24, 2.45) is 5.10 Å². The van der Waals surface area contributed by atoms with Crippen molar-refractivity contribution in [2.75, 3.05) is 5.43 Å². The quantitative estimate of drug-likeness (QED) is 0.643. The molecule has 0 saturated heterocycles. The van der Waals surface area contributed by atoms with Gasteiger partial charge in [-0.1, -0.05) is 11.6 Å². The van der Waals surface area contributed by atoms with Crippen LogP contribution in [0.2, 0.25) is 5.02 Å². The molecule has 1 N–H and O–H groups in total. The molecule has 0 unspecified atom stereocenters. The first-order valence-corrected chi connectivity index (χ1v) is 7.84. The van der Waals surface area contributed by atoms with Crippen molar-refractivity contribution in [2.45, 2.75) is 33.8 Å². The lowest BCUT2D eigenvalue weighted by atomic mass is 10.2. The van der Waals surface area contributed by atoms with Crippen LogP contribution < -0.4 is 10.2 Å². The number of hydrazone groups is 1. The third kappa shape index (κ3) is 4.44. The number of anilines is 1. The van der Waals surface area contributed by atoms with Gasteiger partial charge in [0.05, 0.1) is 23.0 Å². The Morgan fingerprint density at radius 1 is 1.38 bits per heavy atom. The van der Waals surface area contributed by atoms with Crippen molar-refractivity contribution >= 4 is 34.3 Å². The van der Waals surface area contributed by atoms with Gasteiger partial charge in [-0.25, -0.2) is 4.98 Å². The van der Waals surface area contributed by atoms with Gasteiger partial charge in [0.25, 0.3) is 0 Å². The van der Waals surface area contributed by atoms with E-state index in [4.69, 9.17) is 16.3 Å². The summed E-state index contributed by atoms with van der Waals surface area (Å²) in [6.45, 7) is 7.95. The van der Waals surface area contributed by atoms with Crippen LogP contribution in [0, 0.1) is 13.8 Å². The van der Waals surface area contributed by atoms with E-state index in [1.165, 1.54) is 4.88 Å². The highest BCUT2D eigenvalue weighted by Gasteiger charge is 2.04. The molecule has 1 aromatic heterocycles. The van der Waals surface area contributed by atoms with Gasteiger partial charge in [-0.05, 0) is 51.5 Å². The molecule has 0 bridgehead atoms. The molecule has 0 saturated carbocycles. The Balaban J connectivity index is 2.02. The third-order valence-electron chi connectivity index (χ3n) is 2.72. The molecule has 0 spiro atoms. The Bertz CT molecular complexity index is 633. The molecule has 0 aliphatic rings. The monoisotopic (exact) mass is 323 g/mol. The van der Waals surface area contributed by atoms with Crippen molar-refractivity contribution < 1.29 is 4.74 Å². The van der Waals surface area contributed by atoms with E-state index >= 15 is 0 Å². The van der Waals surface area contributed by atoms with Crippen molar-refractivity contribution in [3.63, 3.8) is 0 Å². The van der Waals surface area contributed by atoms with Crippen molar-refractivity contribution in [1.82, 2.24) is 4.98 Å². The number of hydrogen-bond acceptors (Lipinski definition) is 5. The standard InChI is InChI=1S/C15H18ClN3OS/c1-9(2)20-14-6-5-12(7-13(14)16)8-17-19-15-18-10(3)11(4)21-15/h5-9H,1-4H3,(H,18,19)/b17-8-. The van der Waals surface area contributed by atoms with Crippen LogP contribution in [0.1, 0.15) is 30.0 Å². The van der Waals surface area contributed by atoms with E-state index in [0.717, 1.165) is 16.4 Å². The van der Waals surface area contributed by atoms with Crippen molar-refractivity contribution in [1.29, 1.82) is 0 Å². The highest BCUT2D eigenvalue weighted by Crippen LogP contribution is 2.26. The van der Waals surface area contributed by atoms with E-state index < -0.39 is 0 Å². The summed E-state index contributed by atoms with van der Waals surface area (Å²) >= 11 is 7.76. The highest BCUT2D eigenvalue weighted by molar-refractivity contribution is 7.15. The van der Waals surface area contributed by atoms with E-state index in [1.807, 2.05) is 45.9 Å². The van der Waals surface area contributed by atoms with Gasteiger partial charge in [0.2, 0.25) is 5.13 Å². The minimum atomic E-state index is 0.0973. The average Bonchev–Trinajstić information content (AvgIpc) is 2.71. The number of ether oxygens (including phenoxy) is 1. The molecule has 1 heterocycles. The van der Waals surface area contributed by atoms with Gasteiger partial charge in [0, 0.05) is 4.88 Å². The van der Waals surface area contributed by atoms with Crippen LogP contribution >= 0.6 is 22.9 Å². The highest BCUT2D eigenvalue weighted by atomic mass is 35.5. The summed E-state index contributed by atoms with van der Waals surface area (Å²) in [5.74, 6) is 0.683. The first-order valence-electron chi connectivity index (χ1n) is 6.65. The molecule has 0 aliphatic heterocycles. The van der Waals surface area contributed by atoms with Gasteiger partial charge < -0.3 is 4.74 Å². The molecule has 0 radical (unpaired) electrons. The van der Waals surface area contributed by atoms with Gasteiger partial charge in [-0.2, -0.15) is 5.10 Å². The second-order valence-corrected chi connectivity index (χ2v) is 6.50. The lowest BCUT2D eigenvalue weighted by Gasteiger charge is -2.11. The molecule has 0 atom stereocenters. The SMILES string of the molecule is Cc1nc(N/N=C\c2ccc(OC(C)C)c(Cl)c2)sc1C. The topological polar surface area (TPSA) is 46.5 Å². The number of nitrogens with one attached hydrogen (secondary N) is 1. The van der Waals surface area contributed by atoms with E-state index in [2.05, 4.69) is 15.5 Å². The molecule has 0 amide bonds. The van der Waals surface area contributed by atoms with Crippen LogP contribution in [0.15, 0.2) is 23.3 Å². The zero-order valence-electron chi connectivity index (χ0n) is 12.5. The molecular formula is C15H18ClN3OS. The Hall–Kier alpha value is -1.59. The summed E-state index contributed by atoms with van der Waals surface area (Å²) < 4.78 is 5.59. The molecule has 4 nitrogen and oxygen atoms in total. The Labute approximate surface area is 133 Å². The lowest BCUT2D eigenvalue weighted by Crippen LogP contribution is -2.05. The molecule has 0 fully saturated rings. The van der Waals surface area contributed by atoms with Crippen LogP contribution in [-0.2, 0) is 0 Å². The molecule has 112 valence electrons. The number of halogens is 1. The predicted octanol–water partition coefficient (Wildman–Crippen LogP) is 4.65. The summed E-state index contributed by atoms with van der Waals surface area (Å²) in [4.78, 5) is 5.54. The average molecular weight is 324 g/mol. The van der Waals surface area contributed by atoms with E-state index in [1.54, 1.807) is 17.6 Å². The summed E-state index contributed by atoms with van der Waals surface area (Å²) in [7, 11) is 0. The van der Waals surface area contributed by atoms with Gasteiger partial charge in [0.15, 0.2) is 0 Å². The van der Waals surface area contributed by atoms with E-state index in [0.29, 0.717) is 10.8 Å². The smallest absolute Gasteiger partial charge is 0.203 e. The number of benzene rings is 1. The fourth-order valence-electron chi connectivity index (χ4n) is 1.63. The van der Waals surface area contributed by atoms with E-state index in [-0.39, 0.29) is 6.10 Å². The molecule has 21 heavy (non-hydrogen) atoms. The maximum atomic E-state index is 6.18. The minimum absolute atomic E-state index is 0.0973.